The Hall–Kier alpha value is -2.54. The maximum Gasteiger partial charge on any atom is 0.261 e. The maximum absolute atomic E-state index is 12.8. The van der Waals surface area contributed by atoms with Gasteiger partial charge >= 0.3 is 0 Å². The predicted molar refractivity (Wildman–Crippen MR) is 128 cm³/mol. The van der Waals surface area contributed by atoms with Gasteiger partial charge in [0.25, 0.3) is 11.8 Å². The first-order valence-electron chi connectivity index (χ1n) is 11.0. The van der Waals surface area contributed by atoms with Crippen molar-refractivity contribution >= 4 is 23.2 Å². The van der Waals surface area contributed by atoms with Crippen LogP contribution in [0.2, 0.25) is 0 Å². The highest BCUT2D eigenvalue weighted by molar-refractivity contribution is 7.14. The van der Waals surface area contributed by atoms with Crippen LogP contribution in [0.25, 0.3) is 0 Å². The highest BCUT2D eigenvalue weighted by Crippen LogP contribution is 2.40. The number of fused-ring (bicyclic) bond motifs is 1. The summed E-state index contributed by atoms with van der Waals surface area (Å²) in [5, 5.41) is 3.02. The lowest BCUT2D eigenvalue weighted by atomic mass is 9.72. The number of carbonyl (C=O) groups is 2. The fourth-order valence-corrected chi connectivity index (χ4v) is 4.98. The number of hydrogen-bond donors (Lipinski definition) is 1. The lowest BCUT2D eigenvalue weighted by Gasteiger charge is -2.33. The molecule has 7 heteroatoms. The maximum atomic E-state index is 12.8. The van der Waals surface area contributed by atoms with Crippen LogP contribution in [0.15, 0.2) is 24.3 Å². The molecule has 0 saturated carbocycles. The molecule has 1 aromatic heterocycles. The van der Waals surface area contributed by atoms with Gasteiger partial charge in [0.1, 0.15) is 0 Å². The molecule has 0 aliphatic heterocycles. The molecule has 174 valence electrons. The predicted octanol–water partition coefficient (Wildman–Crippen LogP) is 4.30. The van der Waals surface area contributed by atoms with E-state index in [2.05, 4.69) is 32.2 Å². The number of hydrogen-bond acceptors (Lipinski definition) is 5. The number of nitrogens with one attached hydrogen (secondary N) is 1. The molecule has 0 saturated heterocycles. The molecule has 0 spiro atoms. The van der Waals surface area contributed by atoms with E-state index in [4.69, 9.17) is 9.47 Å². The van der Waals surface area contributed by atoms with Crippen molar-refractivity contribution in [3.8, 4) is 11.5 Å². The van der Waals surface area contributed by atoms with E-state index in [1.807, 2.05) is 12.1 Å². The summed E-state index contributed by atoms with van der Waals surface area (Å²) in [7, 11) is 4.92. The van der Waals surface area contributed by atoms with Crippen LogP contribution in [0.4, 0.5) is 0 Å². The number of aryl methyl sites for hydroxylation is 1. The van der Waals surface area contributed by atoms with Crippen molar-refractivity contribution in [2.75, 3.05) is 27.8 Å². The third-order valence-electron chi connectivity index (χ3n) is 6.06. The van der Waals surface area contributed by atoms with Gasteiger partial charge in [-0.1, -0.05) is 26.8 Å². The monoisotopic (exact) mass is 458 g/mol. The fraction of sp³-hybridized carbons (Fsp3) is 0.520. The van der Waals surface area contributed by atoms with Gasteiger partial charge in [-0.3, -0.25) is 9.59 Å². The number of nitrogens with zero attached hydrogens (tertiary/aromatic N) is 1. The molecule has 1 aliphatic carbocycles. The third-order valence-corrected chi connectivity index (χ3v) is 7.30. The molecular formula is C25H34N2O4S. The molecule has 0 radical (unpaired) electrons. The molecule has 1 N–H and O–H groups in total. The molecule has 1 aromatic carbocycles. The van der Waals surface area contributed by atoms with E-state index in [0.29, 0.717) is 24.0 Å². The van der Waals surface area contributed by atoms with E-state index in [1.54, 1.807) is 38.6 Å². The molecular weight excluding hydrogens is 424 g/mol. The number of methoxy groups -OCH3 is 1. The standard InChI is InChI=1S/C25H34N2O4S/c1-25(2,3)18-8-10-21-17(12-18)13-22(32-21)24(29)26-14-16-7-9-19(20(11-16)30-6)31-15-23(28)27(4)5/h7,9,11,13,18H,8,10,12,14-15H2,1-6H3,(H,26,29). The van der Waals surface area contributed by atoms with Crippen LogP contribution in [0.3, 0.4) is 0 Å². The first-order valence-corrected chi connectivity index (χ1v) is 11.8. The second kappa shape index (κ2) is 9.94. The molecule has 32 heavy (non-hydrogen) atoms. The van der Waals surface area contributed by atoms with Gasteiger partial charge in [0.2, 0.25) is 0 Å². The molecule has 3 rings (SSSR count). The molecule has 2 amide bonds. The number of amides is 2. The van der Waals surface area contributed by atoms with E-state index < -0.39 is 0 Å². The largest absolute Gasteiger partial charge is 0.493 e. The molecule has 1 heterocycles. The Morgan fingerprint density at radius 2 is 1.94 bits per heavy atom. The number of benzene rings is 1. The summed E-state index contributed by atoms with van der Waals surface area (Å²) in [5.41, 5.74) is 2.52. The van der Waals surface area contributed by atoms with Crippen LogP contribution in [-0.4, -0.2) is 44.5 Å². The first kappa shape index (κ1) is 24.1. The Morgan fingerprint density at radius 3 is 2.59 bits per heavy atom. The molecule has 1 atom stereocenters. The van der Waals surface area contributed by atoms with Gasteiger partial charge in [0.15, 0.2) is 18.1 Å². The fourth-order valence-electron chi connectivity index (χ4n) is 3.85. The molecule has 1 aliphatic rings. The van der Waals surface area contributed by atoms with Crippen molar-refractivity contribution in [1.29, 1.82) is 0 Å². The van der Waals surface area contributed by atoms with E-state index in [-0.39, 0.29) is 23.8 Å². The summed E-state index contributed by atoms with van der Waals surface area (Å²) in [6.07, 6.45) is 3.30. The van der Waals surface area contributed by atoms with E-state index in [0.717, 1.165) is 23.3 Å². The second-order valence-corrected chi connectivity index (χ2v) is 10.7. The number of likely N-dealkylation sites (N-methyl/N-ethyl adjacent to an activating group) is 1. The number of ether oxygens (including phenoxy) is 2. The molecule has 0 fully saturated rings. The Balaban J connectivity index is 1.60. The average Bonchev–Trinajstić information content (AvgIpc) is 3.18. The number of carbonyl (C=O) groups excluding carboxylic acids is 2. The summed E-state index contributed by atoms with van der Waals surface area (Å²) in [4.78, 5) is 28.1. The van der Waals surface area contributed by atoms with Crippen LogP contribution in [0, 0.1) is 11.3 Å². The first-order chi connectivity index (χ1) is 15.1. The van der Waals surface area contributed by atoms with Crippen molar-refractivity contribution in [2.45, 2.75) is 46.6 Å². The zero-order valence-corrected chi connectivity index (χ0v) is 20.7. The Labute approximate surface area is 194 Å². The SMILES string of the molecule is COc1cc(CNC(=O)c2cc3c(s2)CCC(C(C)(C)C)C3)ccc1OCC(=O)N(C)C. The van der Waals surface area contributed by atoms with Gasteiger partial charge in [0, 0.05) is 25.5 Å². The van der Waals surface area contributed by atoms with E-state index in [9.17, 15) is 9.59 Å². The Bertz CT molecular complexity index is 975. The molecule has 1 unspecified atom stereocenters. The van der Waals surface area contributed by atoms with Crippen LogP contribution in [0.5, 0.6) is 11.5 Å². The van der Waals surface area contributed by atoms with Crippen LogP contribution >= 0.6 is 11.3 Å². The lowest BCUT2D eigenvalue weighted by molar-refractivity contribution is -0.130. The van der Waals surface area contributed by atoms with Gasteiger partial charge in [0.05, 0.1) is 12.0 Å². The molecule has 6 nitrogen and oxygen atoms in total. The van der Waals surface area contributed by atoms with Gasteiger partial charge in [-0.05, 0) is 59.9 Å². The van der Waals surface area contributed by atoms with Gasteiger partial charge in [-0.25, -0.2) is 0 Å². The Morgan fingerprint density at radius 1 is 1.19 bits per heavy atom. The highest BCUT2D eigenvalue weighted by Gasteiger charge is 2.30. The Kier molecular flexibility index (Phi) is 7.49. The molecule has 2 aromatic rings. The number of rotatable bonds is 7. The third kappa shape index (κ3) is 5.82. The quantitative estimate of drug-likeness (QED) is 0.672. The summed E-state index contributed by atoms with van der Waals surface area (Å²) in [5.74, 6) is 1.50. The zero-order valence-electron chi connectivity index (χ0n) is 19.9. The van der Waals surface area contributed by atoms with Crippen molar-refractivity contribution in [3.63, 3.8) is 0 Å². The van der Waals surface area contributed by atoms with Crippen LogP contribution in [-0.2, 0) is 24.2 Å². The lowest BCUT2D eigenvalue weighted by Crippen LogP contribution is -2.27. The summed E-state index contributed by atoms with van der Waals surface area (Å²) >= 11 is 1.62. The minimum atomic E-state index is -0.129. The second-order valence-electron chi connectivity index (χ2n) is 9.61. The summed E-state index contributed by atoms with van der Waals surface area (Å²) in [6.45, 7) is 7.23. The molecule has 0 bridgehead atoms. The van der Waals surface area contributed by atoms with Crippen LogP contribution in [0.1, 0.15) is 52.9 Å². The minimum absolute atomic E-state index is 0.0485. The smallest absolute Gasteiger partial charge is 0.261 e. The van der Waals surface area contributed by atoms with Gasteiger partial charge in [-0.15, -0.1) is 11.3 Å². The summed E-state index contributed by atoms with van der Waals surface area (Å²) < 4.78 is 11.0. The topological polar surface area (TPSA) is 67.9 Å². The summed E-state index contributed by atoms with van der Waals surface area (Å²) in [6, 6.07) is 7.53. The minimum Gasteiger partial charge on any atom is -0.493 e. The van der Waals surface area contributed by atoms with Crippen molar-refractivity contribution < 1.29 is 19.1 Å². The normalized spacial score (nSPS) is 15.6. The van der Waals surface area contributed by atoms with Crippen LogP contribution < -0.4 is 14.8 Å². The van der Waals surface area contributed by atoms with Crippen molar-refractivity contribution in [2.24, 2.45) is 11.3 Å². The zero-order chi connectivity index (χ0) is 23.5. The van der Waals surface area contributed by atoms with Gasteiger partial charge < -0.3 is 19.7 Å². The van der Waals surface area contributed by atoms with E-state index in [1.165, 1.54) is 21.8 Å². The van der Waals surface area contributed by atoms with Crippen molar-refractivity contribution in [1.82, 2.24) is 10.2 Å². The van der Waals surface area contributed by atoms with Crippen molar-refractivity contribution in [3.05, 3.63) is 45.1 Å². The van der Waals surface area contributed by atoms with E-state index >= 15 is 0 Å². The average molecular weight is 459 g/mol. The van der Waals surface area contributed by atoms with Gasteiger partial charge in [-0.2, -0.15) is 0 Å². The number of thiophene rings is 1. The highest BCUT2D eigenvalue weighted by atomic mass is 32.1.